The van der Waals surface area contributed by atoms with Gasteiger partial charge < -0.3 is 15.6 Å². The summed E-state index contributed by atoms with van der Waals surface area (Å²) in [6, 6.07) is 16.5. The number of H-pyrrole nitrogens is 1. The van der Waals surface area contributed by atoms with Crippen LogP contribution in [-0.2, 0) is 22.4 Å². The summed E-state index contributed by atoms with van der Waals surface area (Å²) >= 11 is 0. The number of imide groups is 1. The molecule has 3 aromatic rings. The minimum Gasteiger partial charge on any atom is -0.361 e. The lowest BCUT2D eigenvalue weighted by atomic mass is 10.1. The van der Waals surface area contributed by atoms with E-state index in [0.717, 1.165) is 22.0 Å². The van der Waals surface area contributed by atoms with Crippen molar-refractivity contribution in [2.45, 2.75) is 25.3 Å². The zero-order chi connectivity index (χ0) is 20.9. The van der Waals surface area contributed by atoms with Gasteiger partial charge in [-0.05, 0) is 30.0 Å². The Morgan fingerprint density at radius 1 is 1.00 bits per heavy atom. The zero-order valence-corrected chi connectivity index (χ0v) is 16.6. The number of urea groups is 1. The lowest BCUT2D eigenvalue weighted by Crippen LogP contribution is -2.37. The highest BCUT2D eigenvalue weighted by Gasteiger charge is 2.38. The third kappa shape index (κ3) is 4.35. The van der Waals surface area contributed by atoms with Crippen molar-refractivity contribution in [3.8, 4) is 0 Å². The molecule has 1 saturated heterocycles. The third-order valence-electron chi connectivity index (χ3n) is 5.35. The Bertz CT molecular complexity index is 1060. The van der Waals surface area contributed by atoms with Gasteiger partial charge in [-0.1, -0.05) is 48.5 Å². The summed E-state index contributed by atoms with van der Waals surface area (Å²) in [4.78, 5) is 41.5. The number of aromatic nitrogens is 1. The van der Waals surface area contributed by atoms with Crippen LogP contribution in [0.25, 0.3) is 10.9 Å². The van der Waals surface area contributed by atoms with E-state index < -0.39 is 12.1 Å². The molecule has 0 spiro atoms. The number of carbonyl (C=O) groups excluding carboxylic acids is 3. The molecule has 0 aliphatic carbocycles. The smallest absolute Gasteiger partial charge is 0.324 e. The topological polar surface area (TPSA) is 94.3 Å². The number of carbonyl (C=O) groups is 3. The molecule has 1 aliphatic heterocycles. The molecule has 1 aliphatic rings. The molecule has 0 bridgehead atoms. The van der Waals surface area contributed by atoms with Crippen LogP contribution in [0.5, 0.6) is 0 Å². The summed E-state index contributed by atoms with van der Waals surface area (Å²) in [5.74, 6) is -0.596. The highest BCUT2D eigenvalue weighted by molar-refractivity contribution is 6.05. The van der Waals surface area contributed by atoms with Crippen molar-refractivity contribution in [3.63, 3.8) is 0 Å². The molecule has 7 nitrogen and oxygen atoms in total. The largest absolute Gasteiger partial charge is 0.361 e. The van der Waals surface area contributed by atoms with Gasteiger partial charge in [0.15, 0.2) is 0 Å². The molecular weight excluding hydrogens is 380 g/mol. The van der Waals surface area contributed by atoms with Crippen molar-refractivity contribution in [2.75, 3.05) is 13.1 Å². The second kappa shape index (κ2) is 8.82. The number of amides is 4. The number of para-hydroxylation sites is 1. The van der Waals surface area contributed by atoms with E-state index in [-0.39, 0.29) is 24.8 Å². The first kappa shape index (κ1) is 19.7. The Balaban J connectivity index is 1.27. The van der Waals surface area contributed by atoms with Crippen LogP contribution in [0.1, 0.15) is 17.5 Å². The van der Waals surface area contributed by atoms with E-state index in [1.807, 2.05) is 60.8 Å². The maximum absolute atomic E-state index is 12.6. The number of benzene rings is 2. The SMILES string of the molecule is O=C(CC1NC(=O)N(CCc2c[nH]c3ccccc23)C1=O)NCCc1ccccc1. The Labute approximate surface area is 174 Å². The van der Waals surface area contributed by atoms with E-state index in [2.05, 4.69) is 15.6 Å². The average Bonchev–Trinajstić information content (AvgIpc) is 3.28. The first-order valence-corrected chi connectivity index (χ1v) is 10.1. The van der Waals surface area contributed by atoms with Gasteiger partial charge in [-0.2, -0.15) is 0 Å². The van der Waals surface area contributed by atoms with Gasteiger partial charge in [0.1, 0.15) is 6.04 Å². The third-order valence-corrected chi connectivity index (χ3v) is 5.35. The summed E-state index contributed by atoms with van der Waals surface area (Å²) in [6.45, 7) is 0.765. The minimum absolute atomic E-state index is 0.0526. The maximum atomic E-state index is 12.6. The standard InChI is InChI=1S/C23H24N4O3/c28-21(24-12-10-16-6-2-1-3-7-16)14-20-22(29)27(23(30)26-20)13-11-17-15-25-19-9-5-4-8-18(17)19/h1-9,15,20,25H,10-14H2,(H,24,28)(H,26,30). The van der Waals surface area contributed by atoms with Gasteiger partial charge in [0.25, 0.3) is 5.91 Å². The van der Waals surface area contributed by atoms with Gasteiger partial charge >= 0.3 is 6.03 Å². The molecule has 0 saturated carbocycles. The fraction of sp³-hybridized carbons (Fsp3) is 0.261. The maximum Gasteiger partial charge on any atom is 0.324 e. The summed E-state index contributed by atoms with van der Waals surface area (Å²) in [5, 5.41) is 6.53. The predicted molar refractivity (Wildman–Crippen MR) is 114 cm³/mol. The molecule has 1 aromatic heterocycles. The summed E-state index contributed by atoms with van der Waals surface area (Å²) in [7, 11) is 0. The molecule has 2 aromatic carbocycles. The lowest BCUT2D eigenvalue weighted by Gasteiger charge is -2.13. The van der Waals surface area contributed by atoms with E-state index in [1.54, 1.807) is 0 Å². The lowest BCUT2D eigenvalue weighted by molar-refractivity contribution is -0.130. The van der Waals surface area contributed by atoms with Crippen LogP contribution in [0.3, 0.4) is 0 Å². The van der Waals surface area contributed by atoms with Crippen molar-refractivity contribution in [2.24, 2.45) is 0 Å². The Morgan fingerprint density at radius 3 is 2.60 bits per heavy atom. The molecule has 4 rings (SSSR count). The fourth-order valence-electron chi connectivity index (χ4n) is 3.75. The predicted octanol–water partition coefficient (Wildman–Crippen LogP) is 2.38. The quantitative estimate of drug-likeness (QED) is 0.503. The zero-order valence-electron chi connectivity index (χ0n) is 16.6. The Kier molecular flexibility index (Phi) is 5.79. The van der Waals surface area contributed by atoms with Gasteiger partial charge in [-0.3, -0.25) is 14.5 Å². The summed E-state index contributed by atoms with van der Waals surface area (Å²) in [6.07, 6.45) is 3.12. The minimum atomic E-state index is -0.808. The van der Waals surface area contributed by atoms with E-state index in [4.69, 9.17) is 0 Å². The van der Waals surface area contributed by atoms with Gasteiger partial charge in [0.2, 0.25) is 5.91 Å². The number of hydrogen-bond acceptors (Lipinski definition) is 3. The Hall–Kier alpha value is -3.61. The number of rotatable bonds is 8. The first-order chi connectivity index (χ1) is 14.6. The molecule has 7 heteroatoms. The Morgan fingerprint density at radius 2 is 1.77 bits per heavy atom. The number of fused-ring (bicyclic) bond motifs is 1. The molecule has 3 N–H and O–H groups in total. The first-order valence-electron chi connectivity index (χ1n) is 10.1. The second-order valence-corrected chi connectivity index (χ2v) is 7.39. The van der Waals surface area contributed by atoms with E-state index in [0.29, 0.717) is 19.4 Å². The molecule has 2 heterocycles. The van der Waals surface area contributed by atoms with Crippen LogP contribution in [0, 0.1) is 0 Å². The van der Waals surface area contributed by atoms with E-state index >= 15 is 0 Å². The molecule has 1 unspecified atom stereocenters. The summed E-state index contributed by atoms with van der Waals surface area (Å²) < 4.78 is 0. The van der Waals surface area contributed by atoms with Gasteiger partial charge in [0, 0.05) is 30.2 Å². The molecule has 0 radical (unpaired) electrons. The molecule has 4 amide bonds. The second-order valence-electron chi connectivity index (χ2n) is 7.39. The van der Waals surface area contributed by atoms with Crippen molar-refractivity contribution in [1.29, 1.82) is 0 Å². The van der Waals surface area contributed by atoms with Crippen molar-refractivity contribution >= 4 is 28.7 Å². The molecule has 1 fully saturated rings. The van der Waals surface area contributed by atoms with Crippen molar-refractivity contribution < 1.29 is 14.4 Å². The van der Waals surface area contributed by atoms with Crippen LogP contribution in [0.2, 0.25) is 0 Å². The summed E-state index contributed by atoms with van der Waals surface area (Å²) in [5.41, 5.74) is 3.20. The molecule has 154 valence electrons. The number of nitrogens with one attached hydrogen (secondary N) is 3. The average molecular weight is 404 g/mol. The fourth-order valence-corrected chi connectivity index (χ4v) is 3.75. The van der Waals surface area contributed by atoms with Crippen molar-refractivity contribution in [3.05, 3.63) is 71.9 Å². The molecular formula is C23H24N4O3. The number of aromatic amines is 1. The van der Waals surface area contributed by atoms with Crippen LogP contribution < -0.4 is 10.6 Å². The van der Waals surface area contributed by atoms with Gasteiger partial charge in [0.05, 0.1) is 6.42 Å². The van der Waals surface area contributed by atoms with Crippen molar-refractivity contribution in [1.82, 2.24) is 20.5 Å². The van der Waals surface area contributed by atoms with Crippen LogP contribution in [-0.4, -0.2) is 46.9 Å². The number of hydrogen-bond donors (Lipinski definition) is 3. The monoisotopic (exact) mass is 404 g/mol. The molecule has 1 atom stereocenters. The number of nitrogens with zero attached hydrogens (tertiary/aromatic N) is 1. The molecule has 30 heavy (non-hydrogen) atoms. The highest BCUT2D eigenvalue weighted by atomic mass is 16.2. The van der Waals surface area contributed by atoms with E-state index in [9.17, 15) is 14.4 Å². The van der Waals surface area contributed by atoms with E-state index in [1.165, 1.54) is 4.90 Å². The van der Waals surface area contributed by atoms with Crippen LogP contribution >= 0.6 is 0 Å². The van der Waals surface area contributed by atoms with Crippen LogP contribution in [0.4, 0.5) is 4.79 Å². The normalized spacial score (nSPS) is 16.1. The van der Waals surface area contributed by atoms with Crippen LogP contribution in [0.15, 0.2) is 60.8 Å². The van der Waals surface area contributed by atoms with Gasteiger partial charge in [-0.15, -0.1) is 0 Å². The van der Waals surface area contributed by atoms with Gasteiger partial charge in [-0.25, -0.2) is 4.79 Å². The highest BCUT2D eigenvalue weighted by Crippen LogP contribution is 2.19.